The molecule has 1 atom stereocenters. The molecule has 0 fully saturated rings. The van der Waals surface area contributed by atoms with E-state index in [4.69, 9.17) is 4.42 Å². The molecule has 2 aromatic carbocycles. The maximum absolute atomic E-state index is 12.6. The van der Waals surface area contributed by atoms with Crippen LogP contribution in [0.15, 0.2) is 51.7 Å². The van der Waals surface area contributed by atoms with E-state index in [1.165, 1.54) is 11.6 Å². The number of likely N-dealkylation sites (N-methyl/N-ethyl adjacent to an activating group) is 1. The van der Waals surface area contributed by atoms with Gasteiger partial charge in [0, 0.05) is 12.6 Å². The van der Waals surface area contributed by atoms with Crippen LogP contribution in [0.2, 0.25) is 0 Å². The molecule has 1 heterocycles. The second kappa shape index (κ2) is 9.25. The number of halogens is 1. The Bertz CT molecular complexity index is 1070. The summed E-state index contributed by atoms with van der Waals surface area (Å²) in [5.41, 5.74) is 4.56. The molecular formula is C23H27ClN2O3. The normalized spacial score (nSPS) is 11.9. The van der Waals surface area contributed by atoms with Gasteiger partial charge in [-0.2, -0.15) is 0 Å². The zero-order valence-corrected chi connectivity index (χ0v) is 18.2. The largest absolute Gasteiger partial charge is 0.451 e. The van der Waals surface area contributed by atoms with Gasteiger partial charge in [0.15, 0.2) is 11.2 Å². The molecule has 5 nitrogen and oxygen atoms in total. The minimum absolute atomic E-state index is 0. The van der Waals surface area contributed by atoms with Crippen LogP contribution in [-0.2, 0) is 0 Å². The van der Waals surface area contributed by atoms with Crippen LogP contribution in [0.25, 0.3) is 11.0 Å². The minimum atomic E-state index is -0.392. The number of carbonyl (C=O) groups excluding carboxylic acids is 1. The predicted octanol–water partition coefficient (Wildman–Crippen LogP) is 4.17. The molecule has 3 aromatic rings. The Morgan fingerprint density at radius 3 is 2.28 bits per heavy atom. The predicted molar refractivity (Wildman–Crippen MR) is 119 cm³/mol. The lowest BCUT2D eigenvalue weighted by Gasteiger charge is -2.25. The van der Waals surface area contributed by atoms with Crippen molar-refractivity contribution in [1.29, 1.82) is 0 Å². The van der Waals surface area contributed by atoms with Crippen LogP contribution >= 0.6 is 12.4 Å². The van der Waals surface area contributed by atoms with E-state index in [0.29, 0.717) is 17.5 Å². The quantitative estimate of drug-likeness (QED) is 0.680. The fraction of sp³-hybridized carbons (Fsp3) is 0.304. The molecule has 1 unspecified atom stereocenters. The number of amides is 1. The molecule has 0 aliphatic rings. The first-order chi connectivity index (χ1) is 13.3. The Hall–Kier alpha value is -2.63. The van der Waals surface area contributed by atoms with Crippen molar-refractivity contribution < 1.29 is 9.21 Å². The van der Waals surface area contributed by atoms with Gasteiger partial charge in [0.25, 0.3) is 5.91 Å². The molecule has 3 rings (SSSR count). The summed E-state index contributed by atoms with van der Waals surface area (Å²) in [4.78, 5) is 27.1. The lowest BCUT2D eigenvalue weighted by molar-refractivity contribution is 0.0914. The monoisotopic (exact) mass is 414 g/mol. The third kappa shape index (κ3) is 5.05. The van der Waals surface area contributed by atoms with E-state index in [1.807, 2.05) is 39.8 Å². The molecule has 1 N–H and O–H groups in total. The van der Waals surface area contributed by atoms with Crippen molar-refractivity contribution in [2.75, 3.05) is 20.6 Å². The van der Waals surface area contributed by atoms with Crippen molar-refractivity contribution in [3.8, 4) is 0 Å². The molecule has 0 spiro atoms. The highest BCUT2D eigenvalue weighted by Crippen LogP contribution is 2.20. The number of hydrogen-bond donors (Lipinski definition) is 1. The van der Waals surface area contributed by atoms with Crippen LogP contribution in [0, 0.1) is 20.8 Å². The van der Waals surface area contributed by atoms with Crippen molar-refractivity contribution in [2.45, 2.75) is 26.8 Å². The second-order valence-electron chi connectivity index (χ2n) is 7.51. The summed E-state index contributed by atoms with van der Waals surface area (Å²) in [5, 5.41) is 3.39. The highest BCUT2D eigenvalue weighted by molar-refractivity contribution is 5.93. The lowest BCUT2D eigenvalue weighted by Crippen LogP contribution is -2.34. The Kier molecular flexibility index (Phi) is 7.22. The van der Waals surface area contributed by atoms with Gasteiger partial charge >= 0.3 is 0 Å². The molecule has 29 heavy (non-hydrogen) atoms. The van der Waals surface area contributed by atoms with Crippen LogP contribution in [0.4, 0.5) is 0 Å². The Labute approximate surface area is 177 Å². The smallest absolute Gasteiger partial charge is 0.287 e. The van der Waals surface area contributed by atoms with Crippen molar-refractivity contribution in [1.82, 2.24) is 10.2 Å². The summed E-state index contributed by atoms with van der Waals surface area (Å²) < 4.78 is 5.73. The number of carbonyl (C=O) groups is 1. The van der Waals surface area contributed by atoms with Crippen LogP contribution in [0.5, 0.6) is 0 Å². The van der Waals surface area contributed by atoms with Crippen molar-refractivity contribution >= 4 is 29.3 Å². The first-order valence-corrected chi connectivity index (χ1v) is 9.32. The molecule has 6 heteroatoms. The van der Waals surface area contributed by atoms with Crippen molar-refractivity contribution in [3.05, 3.63) is 80.7 Å². The lowest BCUT2D eigenvalue weighted by atomic mass is 10.0. The number of rotatable bonds is 5. The fourth-order valence-electron chi connectivity index (χ4n) is 3.19. The van der Waals surface area contributed by atoms with Crippen molar-refractivity contribution in [2.24, 2.45) is 0 Å². The van der Waals surface area contributed by atoms with Crippen LogP contribution < -0.4 is 10.7 Å². The van der Waals surface area contributed by atoms with E-state index in [1.54, 1.807) is 12.1 Å². The molecule has 0 bridgehead atoms. The van der Waals surface area contributed by atoms with Crippen LogP contribution in [-0.4, -0.2) is 31.4 Å². The van der Waals surface area contributed by atoms with E-state index in [9.17, 15) is 9.59 Å². The molecule has 0 saturated carbocycles. The molecule has 0 aliphatic heterocycles. The maximum atomic E-state index is 12.6. The third-order valence-electron chi connectivity index (χ3n) is 5.11. The van der Waals surface area contributed by atoms with E-state index >= 15 is 0 Å². The summed E-state index contributed by atoms with van der Waals surface area (Å²) in [6.07, 6.45) is 0. The number of nitrogens with zero attached hydrogens (tertiary/aromatic N) is 1. The summed E-state index contributed by atoms with van der Waals surface area (Å²) in [5.74, 6) is -0.363. The van der Waals surface area contributed by atoms with Crippen LogP contribution in [0.3, 0.4) is 0 Å². The molecule has 0 radical (unpaired) electrons. The number of hydrogen-bond acceptors (Lipinski definition) is 4. The summed E-state index contributed by atoms with van der Waals surface area (Å²) in [7, 11) is 3.94. The van der Waals surface area contributed by atoms with E-state index in [0.717, 1.165) is 16.7 Å². The Balaban J connectivity index is 0.00000300. The Morgan fingerprint density at radius 2 is 1.66 bits per heavy atom. The fourth-order valence-corrected chi connectivity index (χ4v) is 3.19. The zero-order chi connectivity index (χ0) is 20.4. The highest BCUT2D eigenvalue weighted by Gasteiger charge is 2.18. The number of fused-ring (bicyclic) bond motifs is 1. The van der Waals surface area contributed by atoms with Gasteiger partial charge in [-0.3, -0.25) is 9.59 Å². The molecule has 1 aromatic heterocycles. The van der Waals surface area contributed by atoms with E-state index in [2.05, 4.69) is 29.6 Å². The standard InChI is InChI=1S/C23H26N2O3.ClH/c1-14-6-8-17(9-7-14)19(25(4)5)13-24-23(27)22-12-20(26)18-10-15(2)16(3)11-21(18)28-22;/h6-12,19H,13H2,1-5H3,(H,24,27);1H. The number of aryl methyl sites for hydroxylation is 3. The SMILES string of the molecule is Cc1ccc(C(CNC(=O)c2cc(=O)c3cc(C)c(C)cc3o2)N(C)C)cc1.Cl. The van der Waals surface area contributed by atoms with Gasteiger partial charge < -0.3 is 14.6 Å². The molecule has 0 saturated heterocycles. The zero-order valence-electron chi connectivity index (χ0n) is 17.4. The van der Waals surface area contributed by atoms with Gasteiger partial charge in [-0.05, 0) is 63.7 Å². The summed E-state index contributed by atoms with van der Waals surface area (Å²) >= 11 is 0. The summed E-state index contributed by atoms with van der Waals surface area (Å²) in [6, 6.07) is 13.1. The average Bonchev–Trinajstić information content (AvgIpc) is 2.64. The first kappa shape index (κ1) is 22.7. The number of nitrogens with one attached hydrogen (secondary N) is 1. The van der Waals surface area contributed by atoms with Crippen molar-refractivity contribution in [3.63, 3.8) is 0 Å². The highest BCUT2D eigenvalue weighted by atomic mass is 35.5. The second-order valence-corrected chi connectivity index (χ2v) is 7.51. The Morgan fingerprint density at radius 1 is 1.03 bits per heavy atom. The molecule has 1 amide bonds. The summed E-state index contributed by atoms with van der Waals surface area (Å²) in [6.45, 7) is 6.34. The molecule has 0 aliphatic carbocycles. The molecular weight excluding hydrogens is 388 g/mol. The van der Waals surface area contributed by atoms with Gasteiger partial charge in [0.1, 0.15) is 5.58 Å². The van der Waals surface area contributed by atoms with Crippen LogP contribution in [0.1, 0.15) is 38.9 Å². The van der Waals surface area contributed by atoms with Gasteiger partial charge in [-0.1, -0.05) is 29.8 Å². The van der Waals surface area contributed by atoms with E-state index < -0.39 is 5.91 Å². The van der Waals surface area contributed by atoms with E-state index in [-0.39, 0.29) is 29.6 Å². The number of benzene rings is 2. The average molecular weight is 415 g/mol. The first-order valence-electron chi connectivity index (χ1n) is 9.32. The van der Waals surface area contributed by atoms with Gasteiger partial charge in [0.2, 0.25) is 0 Å². The third-order valence-corrected chi connectivity index (χ3v) is 5.11. The van der Waals surface area contributed by atoms with Gasteiger partial charge in [-0.15, -0.1) is 12.4 Å². The molecule has 154 valence electrons. The van der Waals surface area contributed by atoms with Gasteiger partial charge in [-0.25, -0.2) is 0 Å². The minimum Gasteiger partial charge on any atom is -0.451 e. The topological polar surface area (TPSA) is 62.6 Å². The van der Waals surface area contributed by atoms with Gasteiger partial charge in [0.05, 0.1) is 11.4 Å². The maximum Gasteiger partial charge on any atom is 0.287 e.